The smallest absolute Gasteiger partial charge is 0.208 e. The first-order valence-electron chi connectivity index (χ1n) is 4.57. The van der Waals surface area contributed by atoms with Gasteiger partial charge in [0.25, 0.3) is 0 Å². The molecule has 0 aromatic carbocycles. The highest BCUT2D eigenvalue weighted by Gasteiger charge is 2.20. The number of nitrogens with zero attached hydrogens (tertiary/aromatic N) is 3. The molecule has 0 N–H and O–H groups in total. The van der Waals surface area contributed by atoms with Crippen LogP contribution in [0.5, 0.6) is 0 Å². The number of hydrogen-bond donors (Lipinski definition) is 0. The molecule has 1 unspecified atom stereocenters. The summed E-state index contributed by atoms with van der Waals surface area (Å²) in [6.45, 7) is 3.24. The van der Waals surface area contributed by atoms with Crippen molar-refractivity contribution >= 4 is 16.9 Å². The molecule has 0 aromatic rings. The molecule has 4 heteroatoms. The first-order chi connectivity index (χ1) is 6.29. The molecule has 0 amide bonds. The Balaban J connectivity index is 2.67. The normalized spacial score (nSPS) is 24.2. The number of nitriles is 1. The van der Waals surface area contributed by atoms with E-state index in [0.717, 1.165) is 11.7 Å². The van der Waals surface area contributed by atoms with Crippen LogP contribution in [0.15, 0.2) is 4.99 Å². The third-order valence-electron chi connectivity index (χ3n) is 2.38. The Morgan fingerprint density at radius 1 is 1.62 bits per heavy atom. The van der Waals surface area contributed by atoms with Crippen molar-refractivity contribution in [2.45, 2.75) is 32.2 Å². The topological polar surface area (TPSA) is 39.4 Å². The molecule has 1 heterocycles. The van der Waals surface area contributed by atoms with Crippen molar-refractivity contribution in [3.63, 3.8) is 0 Å². The molecule has 0 radical (unpaired) electrons. The van der Waals surface area contributed by atoms with Crippen LogP contribution < -0.4 is 0 Å². The number of thioether (sulfide) groups is 1. The standard InChI is InChI=1S/C9H15N3S/c1-8-5-3-4-6-12(8)9(13-2)11-7-10/h8H,3-6H2,1-2H3. The monoisotopic (exact) mass is 197 g/mol. The lowest BCUT2D eigenvalue weighted by molar-refractivity contribution is 0.263. The summed E-state index contributed by atoms with van der Waals surface area (Å²) >= 11 is 1.56. The number of hydrogen-bond acceptors (Lipinski definition) is 3. The van der Waals surface area contributed by atoms with E-state index in [4.69, 9.17) is 5.26 Å². The molecule has 1 saturated heterocycles. The lowest BCUT2D eigenvalue weighted by atomic mass is 10.1. The molecule has 13 heavy (non-hydrogen) atoms. The summed E-state index contributed by atoms with van der Waals surface area (Å²) in [5.74, 6) is 0. The molecule has 0 saturated carbocycles. The number of piperidine rings is 1. The summed E-state index contributed by atoms with van der Waals surface area (Å²) < 4.78 is 0. The molecular weight excluding hydrogens is 182 g/mol. The van der Waals surface area contributed by atoms with Gasteiger partial charge in [-0.1, -0.05) is 11.8 Å². The van der Waals surface area contributed by atoms with Gasteiger partial charge in [0.15, 0.2) is 5.17 Å². The lowest BCUT2D eigenvalue weighted by Crippen LogP contribution is -2.40. The van der Waals surface area contributed by atoms with Crippen molar-refractivity contribution in [2.24, 2.45) is 4.99 Å². The van der Waals surface area contributed by atoms with E-state index < -0.39 is 0 Å². The average Bonchev–Trinajstić information content (AvgIpc) is 2.16. The van der Waals surface area contributed by atoms with E-state index in [1.54, 1.807) is 11.8 Å². The molecule has 3 nitrogen and oxygen atoms in total. The van der Waals surface area contributed by atoms with Crippen LogP contribution in [0.1, 0.15) is 26.2 Å². The van der Waals surface area contributed by atoms with E-state index in [-0.39, 0.29) is 0 Å². The lowest BCUT2D eigenvalue weighted by Gasteiger charge is -2.34. The largest absolute Gasteiger partial charge is 0.348 e. The Morgan fingerprint density at radius 3 is 2.92 bits per heavy atom. The fraction of sp³-hybridized carbons (Fsp3) is 0.778. The molecule has 0 aromatic heterocycles. The van der Waals surface area contributed by atoms with Crippen LogP contribution in [0.3, 0.4) is 0 Å². The van der Waals surface area contributed by atoms with Gasteiger partial charge in [0, 0.05) is 12.6 Å². The fourth-order valence-corrected chi connectivity index (χ4v) is 2.29. The maximum absolute atomic E-state index is 8.51. The van der Waals surface area contributed by atoms with Gasteiger partial charge in [-0.05, 0) is 32.4 Å². The van der Waals surface area contributed by atoms with Crippen molar-refractivity contribution in [3.05, 3.63) is 0 Å². The number of likely N-dealkylation sites (tertiary alicyclic amines) is 1. The van der Waals surface area contributed by atoms with Gasteiger partial charge in [-0.25, -0.2) is 0 Å². The van der Waals surface area contributed by atoms with Gasteiger partial charge in [0.1, 0.15) is 0 Å². The molecule has 1 fully saturated rings. The SMILES string of the molecule is CSC(=NC#N)N1CCCCC1C. The predicted octanol–water partition coefficient (Wildman–Crippen LogP) is 2.06. The summed E-state index contributed by atoms with van der Waals surface area (Å²) in [6, 6.07) is 0.535. The first-order valence-corrected chi connectivity index (χ1v) is 5.79. The molecule has 72 valence electrons. The zero-order valence-corrected chi connectivity index (χ0v) is 8.97. The summed E-state index contributed by atoms with van der Waals surface area (Å²) in [5.41, 5.74) is 0. The van der Waals surface area contributed by atoms with Crippen LogP contribution in [0.4, 0.5) is 0 Å². The van der Waals surface area contributed by atoms with Gasteiger partial charge >= 0.3 is 0 Å². The van der Waals surface area contributed by atoms with Crippen LogP contribution in [0.2, 0.25) is 0 Å². The Kier molecular flexibility index (Phi) is 4.10. The van der Waals surface area contributed by atoms with E-state index >= 15 is 0 Å². The van der Waals surface area contributed by atoms with Crippen molar-refractivity contribution in [1.82, 2.24) is 4.90 Å². The van der Waals surface area contributed by atoms with Crippen molar-refractivity contribution in [1.29, 1.82) is 5.26 Å². The molecule has 1 rings (SSSR count). The van der Waals surface area contributed by atoms with Gasteiger partial charge in [0.2, 0.25) is 6.19 Å². The Bertz CT molecular complexity index is 232. The van der Waals surface area contributed by atoms with Gasteiger partial charge in [0.05, 0.1) is 0 Å². The summed E-state index contributed by atoms with van der Waals surface area (Å²) in [5, 5.41) is 9.38. The maximum Gasteiger partial charge on any atom is 0.208 e. The number of aliphatic imine (C=N–C) groups is 1. The highest BCUT2D eigenvalue weighted by molar-refractivity contribution is 8.13. The second-order valence-electron chi connectivity index (χ2n) is 3.24. The highest BCUT2D eigenvalue weighted by atomic mass is 32.2. The quantitative estimate of drug-likeness (QED) is 0.339. The predicted molar refractivity (Wildman–Crippen MR) is 56.6 cm³/mol. The number of rotatable bonds is 0. The van der Waals surface area contributed by atoms with E-state index in [9.17, 15) is 0 Å². The van der Waals surface area contributed by atoms with Gasteiger partial charge < -0.3 is 4.90 Å². The van der Waals surface area contributed by atoms with Crippen LogP contribution in [-0.4, -0.2) is 28.9 Å². The minimum Gasteiger partial charge on any atom is -0.348 e. The molecule has 1 atom stereocenters. The summed E-state index contributed by atoms with van der Waals surface area (Å²) in [6.07, 6.45) is 7.56. The van der Waals surface area contributed by atoms with Crippen LogP contribution in [-0.2, 0) is 0 Å². The van der Waals surface area contributed by atoms with E-state index in [1.165, 1.54) is 19.3 Å². The summed E-state index contributed by atoms with van der Waals surface area (Å²) in [4.78, 5) is 6.06. The van der Waals surface area contributed by atoms with Crippen molar-refractivity contribution in [2.75, 3.05) is 12.8 Å². The van der Waals surface area contributed by atoms with E-state index in [2.05, 4.69) is 16.8 Å². The Morgan fingerprint density at radius 2 is 2.38 bits per heavy atom. The van der Waals surface area contributed by atoms with Crippen LogP contribution in [0.25, 0.3) is 0 Å². The minimum atomic E-state index is 0.535. The maximum atomic E-state index is 8.51. The Labute approximate surface area is 83.8 Å². The first kappa shape index (κ1) is 10.4. The van der Waals surface area contributed by atoms with Crippen molar-refractivity contribution in [3.8, 4) is 6.19 Å². The van der Waals surface area contributed by atoms with Crippen LogP contribution >= 0.6 is 11.8 Å². The van der Waals surface area contributed by atoms with Crippen molar-refractivity contribution < 1.29 is 0 Å². The van der Waals surface area contributed by atoms with Gasteiger partial charge in [-0.2, -0.15) is 5.26 Å². The molecule has 1 aliphatic rings. The average molecular weight is 197 g/mol. The Hall–Kier alpha value is -0.690. The molecule has 0 spiro atoms. The van der Waals surface area contributed by atoms with E-state index in [1.807, 2.05) is 12.4 Å². The second kappa shape index (κ2) is 5.13. The third-order valence-corrected chi connectivity index (χ3v) is 3.07. The third kappa shape index (κ3) is 2.63. The summed E-state index contributed by atoms with van der Waals surface area (Å²) in [7, 11) is 0. The molecule has 1 aliphatic heterocycles. The number of amidine groups is 1. The minimum absolute atomic E-state index is 0.535. The van der Waals surface area contributed by atoms with Crippen LogP contribution in [0, 0.1) is 11.5 Å². The zero-order valence-electron chi connectivity index (χ0n) is 8.16. The molecule has 0 bridgehead atoms. The van der Waals surface area contributed by atoms with Gasteiger partial charge in [-0.15, -0.1) is 4.99 Å². The molecular formula is C9H15N3S. The second-order valence-corrected chi connectivity index (χ2v) is 4.01. The van der Waals surface area contributed by atoms with E-state index in [0.29, 0.717) is 6.04 Å². The molecule has 0 aliphatic carbocycles. The fourth-order valence-electron chi connectivity index (χ4n) is 1.65. The zero-order chi connectivity index (χ0) is 9.68. The highest BCUT2D eigenvalue weighted by Crippen LogP contribution is 2.20. The van der Waals surface area contributed by atoms with Gasteiger partial charge in [-0.3, -0.25) is 0 Å².